The summed E-state index contributed by atoms with van der Waals surface area (Å²) in [4.78, 5) is 23.7. The Balaban J connectivity index is 1.06. The summed E-state index contributed by atoms with van der Waals surface area (Å²) in [6.07, 6.45) is 0. The fourth-order valence-electron chi connectivity index (χ4n) is 4.75. The maximum atomic E-state index is 11.9. The number of rotatable bonds is 21. The third kappa shape index (κ3) is 10.5. The van der Waals surface area contributed by atoms with Crippen molar-refractivity contribution in [1.29, 1.82) is 0 Å². The molecule has 0 fully saturated rings. The lowest BCUT2D eigenvalue weighted by atomic mass is 9.80. The predicted molar refractivity (Wildman–Crippen MR) is 170 cm³/mol. The van der Waals surface area contributed by atoms with Crippen molar-refractivity contribution in [2.75, 3.05) is 66.1 Å². The molecule has 0 radical (unpaired) electrons. The lowest BCUT2D eigenvalue weighted by Crippen LogP contribution is -2.34. The van der Waals surface area contributed by atoms with Gasteiger partial charge in [-0.3, -0.25) is 4.79 Å². The van der Waals surface area contributed by atoms with Crippen LogP contribution in [0.15, 0.2) is 121 Å². The van der Waals surface area contributed by atoms with Crippen molar-refractivity contribution in [2.24, 2.45) is 0 Å². The zero-order valence-corrected chi connectivity index (χ0v) is 25.4. The number of ether oxygens (including phenoxy) is 6. The standard InChI is InChI=1S/C37H40O8/c38-35(31-13-5-1-6-14-31)36(39)44-29-27-42-25-23-40-21-22-41-24-26-43-28-30-45-37(32-15-7-2-8-16-32,33-17-9-3-10-18-33)34-19-11-4-12-20-34/h1-20H,21-30H2. The van der Waals surface area contributed by atoms with Crippen molar-refractivity contribution in [3.63, 3.8) is 0 Å². The number of carbonyl (C=O) groups is 2. The molecule has 0 aliphatic rings. The fraction of sp³-hybridized carbons (Fsp3) is 0.297. The first-order chi connectivity index (χ1) is 22.2. The van der Waals surface area contributed by atoms with Crippen molar-refractivity contribution in [3.8, 4) is 0 Å². The summed E-state index contributed by atoms with van der Waals surface area (Å²) in [5.74, 6) is -1.57. The van der Waals surface area contributed by atoms with Gasteiger partial charge in [-0.15, -0.1) is 0 Å². The summed E-state index contributed by atoms with van der Waals surface area (Å²) in [5, 5.41) is 0. The normalized spacial score (nSPS) is 11.3. The zero-order chi connectivity index (χ0) is 31.4. The van der Waals surface area contributed by atoms with Crippen LogP contribution < -0.4 is 0 Å². The van der Waals surface area contributed by atoms with E-state index in [2.05, 4.69) is 36.4 Å². The SMILES string of the molecule is O=C(OCCOCCOCCOCCOCCOC(c1ccccc1)(c1ccccc1)c1ccccc1)C(=O)c1ccccc1. The minimum Gasteiger partial charge on any atom is -0.457 e. The highest BCUT2D eigenvalue weighted by molar-refractivity contribution is 6.40. The zero-order valence-electron chi connectivity index (χ0n) is 25.4. The Labute approximate surface area is 264 Å². The topological polar surface area (TPSA) is 89.5 Å². The van der Waals surface area contributed by atoms with E-state index >= 15 is 0 Å². The van der Waals surface area contributed by atoms with Crippen molar-refractivity contribution >= 4 is 11.8 Å². The van der Waals surface area contributed by atoms with Gasteiger partial charge in [0.25, 0.3) is 5.78 Å². The van der Waals surface area contributed by atoms with E-state index in [1.165, 1.54) is 0 Å². The average molecular weight is 613 g/mol. The Hall–Kier alpha value is -4.18. The molecule has 4 aromatic rings. The van der Waals surface area contributed by atoms with Gasteiger partial charge >= 0.3 is 5.97 Å². The van der Waals surface area contributed by atoms with E-state index in [1.807, 2.05) is 54.6 Å². The van der Waals surface area contributed by atoms with Gasteiger partial charge in [0.1, 0.15) is 12.2 Å². The molecule has 8 nitrogen and oxygen atoms in total. The lowest BCUT2D eigenvalue weighted by molar-refractivity contribution is -0.139. The van der Waals surface area contributed by atoms with Gasteiger partial charge in [0.2, 0.25) is 0 Å². The summed E-state index contributed by atoms with van der Waals surface area (Å²) in [6.45, 7) is 3.42. The van der Waals surface area contributed by atoms with Crippen LogP contribution in [-0.4, -0.2) is 77.8 Å². The van der Waals surface area contributed by atoms with Crippen LogP contribution in [0.3, 0.4) is 0 Å². The van der Waals surface area contributed by atoms with E-state index in [0.29, 0.717) is 58.4 Å². The van der Waals surface area contributed by atoms with Crippen molar-refractivity contribution in [1.82, 2.24) is 0 Å². The molecule has 0 saturated heterocycles. The van der Waals surface area contributed by atoms with E-state index in [9.17, 15) is 9.59 Å². The maximum absolute atomic E-state index is 11.9. The first-order valence-corrected chi connectivity index (χ1v) is 15.1. The molecule has 236 valence electrons. The Bertz CT molecular complexity index is 1280. The van der Waals surface area contributed by atoms with Gasteiger partial charge < -0.3 is 28.4 Å². The number of ketones is 1. The molecule has 4 aromatic carbocycles. The van der Waals surface area contributed by atoms with Crippen LogP contribution in [0.4, 0.5) is 0 Å². The van der Waals surface area contributed by atoms with Gasteiger partial charge in [0.15, 0.2) is 0 Å². The van der Waals surface area contributed by atoms with Crippen LogP contribution >= 0.6 is 0 Å². The molecule has 0 aromatic heterocycles. The molecule has 0 saturated carbocycles. The molecule has 0 heterocycles. The Morgan fingerprint density at radius 2 is 0.756 bits per heavy atom. The van der Waals surface area contributed by atoms with Crippen molar-refractivity contribution < 1.29 is 38.0 Å². The maximum Gasteiger partial charge on any atom is 0.379 e. The van der Waals surface area contributed by atoms with Gasteiger partial charge in [-0.05, 0) is 16.7 Å². The van der Waals surface area contributed by atoms with Crippen LogP contribution in [0.5, 0.6) is 0 Å². The largest absolute Gasteiger partial charge is 0.457 e. The van der Waals surface area contributed by atoms with Crippen molar-refractivity contribution in [2.45, 2.75) is 5.60 Å². The first kappa shape index (κ1) is 33.7. The second kappa shape index (κ2) is 19.3. The van der Waals surface area contributed by atoms with Crippen LogP contribution in [0.25, 0.3) is 0 Å². The number of esters is 1. The van der Waals surface area contributed by atoms with Crippen LogP contribution in [0.1, 0.15) is 27.0 Å². The molecule has 0 aliphatic heterocycles. The van der Waals surface area contributed by atoms with E-state index in [0.717, 1.165) is 16.7 Å². The van der Waals surface area contributed by atoms with Crippen LogP contribution in [0.2, 0.25) is 0 Å². The fourth-order valence-corrected chi connectivity index (χ4v) is 4.75. The second-order valence-corrected chi connectivity index (χ2v) is 9.91. The van der Waals surface area contributed by atoms with Gasteiger partial charge in [-0.25, -0.2) is 4.79 Å². The quantitative estimate of drug-likeness (QED) is 0.0402. The van der Waals surface area contributed by atoms with Gasteiger partial charge in [0.05, 0.1) is 59.5 Å². The highest BCUT2D eigenvalue weighted by Crippen LogP contribution is 2.40. The number of benzene rings is 4. The molecular weight excluding hydrogens is 572 g/mol. The van der Waals surface area contributed by atoms with Gasteiger partial charge in [-0.1, -0.05) is 121 Å². The van der Waals surface area contributed by atoms with Gasteiger partial charge in [0, 0.05) is 5.56 Å². The van der Waals surface area contributed by atoms with E-state index in [1.54, 1.807) is 30.3 Å². The summed E-state index contributed by atoms with van der Waals surface area (Å²) in [6, 6.07) is 39.0. The molecule has 0 amide bonds. The molecule has 0 spiro atoms. The van der Waals surface area contributed by atoms with Crippen LogP contribution in [-0.2, 0) is 38.8 Å². The number of hydrogen-bond donors (Lipinski definition) is 0. The van der Waals surface area contributed by atoms with Crippen LogP contribution in [0, 0.1) is 0 Å². The Morgan fingerprint density at radius 1 is 0.422 bits per heavy atom. The van der Waals surface area contributed by atoms with E-state index in [-0.39, 0.29) is 13.2 Å². The molecule has 45 heavy (non-hydrogen) atoms. The minimum atomic E-state index is -0.894. The smallest absolute Gasteiger partial charge is 0.379 e. The van der Waals surface area contributed by atoms with Gasteiger partial charge in [-0.2, -0.15) is 0 Å². The third-order valence-electron chi connectivity index (χ3n) is 6.89. The highest BCUT2D eigenvalue weighted by atomic mass is 16.6. The number of hydrogen-bond acceptors (Lipinski definition) is 8. The average Bonchev–Trinajstić information content (AvgIpc) is 3.11. The molecule has 0 atom stereocenters. The summed E-state index contributed by atoms with van der Waals surface area (Å²) in [7, 11) is 0. The van der Waals surface area contributed by atoms with E-state index < -0.39 is 17.4 Å². The molecule has 0 N–H and O–H groups in total. The third-order valence-corrected chi connectivity index (χ3v) is 6.89. The molecule has 0 aliphatic carbocycles. The first-order valence-electron chi connectivity index (χ1n) is 15.1. The monoisotopic (exact) mass is 612 g/mol. The summed E-state index contributed by atoms with van der Waals surface area (Å²) < 4.78 is 33.9. The van der Waals surface area contributed by atoms with Crippen molar-refractivity contribution in [3.05, 3.63) is 144 Å². The molecule has 4 rings (SSSR count). The molecule has 8 heteroatoms. The second-order valence-electron chi connectivity index (χ2n) is 9.91. The molecule has 0 bridgehead atoms. The number of Topliss-reactive ketones (excluding diaryl/α,β-unsaturated/α-hetero) is 1. The number of carbonyl (C=O) groups excluding carboxylic acids is 2. The summed E-state index contributed by atoms with van der Waals surface area (Å²) in [5.41, 5.74) is 2.68. The minimum absolute atomic E-state index is 0.00267. The Kier molecular flexibility index (Phi) is 14.4. The predicted octanol–water partition coefficient (Wildman–Crippen LogP) is 5.49. The lowest BCUT2D eigenvalue weighted by Gasteiger charge is -2.36. The summed E-state index contributed by atoms with van der Waals surface area (Å²) >= 11 is 0. The molecule has 0 unspecified atom stereocenters. The highest BCUT2D eigenvalue weighted by Gasteiger charge is 2.37. The Morgan fingerprint density at radius 3 is 1.16 bits per heavy atom. The van der Waals surface area contributed by atoms with E-state index in [4.69, 9.17) is 28.4 Å². The molecular formula is C37H40O8.